The Bertz CT molecular complexity index is 531. The molecule has 1 fully saturated rings. The maximum Gasteiger partial charge on any atom is 0.334 e. The number of hydrogen-bond donors (Lipinski definition) is 1. The van der Waals surface area contributed by atoms with E-state index in [1.807, 2.05) is 0 Å². The van der Waals surface area contributed by atoms with Crippen molar-refractivity contribution in [2.75, 3.05) is 26.8 Å². The summed E-state index contributed by atoms with van der Waals surface area (Å²) in [6.45, 7) is 2.36. The molecule has 0 saturated carbocycles. The lowest BCUT2D eigenvalue weighted by Gasteiger charge is -2.31. The summed E-state index contributed by atoms with van der Waals surface area (Å²) in [4.78, 5) is 28.9. The minimum atomic E-state index is -1.07. The topological polar surface area (TPSA) is 89.0 Å². The fraction of sp³-hybridized carbons (Fsp3) is 0.462. The van der Waals surface area contributed by atoms with Crippen molar-refractivity contribution in [1.29, 1.82) is 0 Å². The van der Waals surface area contributed by atoms with Gasteiger partial charge >= 0.3 is 5.97 Å². The molecule has 1 aromatic heterocycles. The molecule has 108 valence electrons. The van der Waals surface area contributed by atoms with Gasteiger partial charge in [-0.05, 0) is 19.1 Å². The van der Waals surface area contributed by atoms with Crippen LogP contribution in [0.3, 0.4) is 0 Å². The summed E-state index contributed by atoms with van der Waals surface area (Å²) in [7, 11) is 1.44. The van der Waals surface area contributed by atoms with Gasteiger partial charge in [0.05, 0.1) is 20.3 Å². The minimum absolute atomic E-state index is 0.0190. The summed E-state index contributed by atoms with van der Waals surface area (Å²) < 4.78 is 10.2. The lowest BCUT2D eigenvalue weighted by molar-refractivity contribution is -0.154. The number of methoxy groups -OCH3 is 1. The van der Waals surface area contributed by atoms with E-state index < -0.39 is 12.1 Å². The third kappa shape index (κ3) is 2.88. The highest BCUT2D eigenvalue weighted by molar-refractivity contribution is 5.96. The summed E-state index contributed by atoms with van der Waals surface area (Å²) in [5.74, 6) is -1.13. The van der Waals surface area contributed by atoms with Gasteiger partial charge in [0.25, 0.3) is 5.91 Å². The normalized spacial score (nSPS) is 18.7. The van der Waals surface area contributed by atoms with Crippen LogP contribution in [0, 0.1) is 6.92 Å². The molecule has 0 spiro atoms. The van der Waals surface area contributed by atoms with Crippen molar-refractivity contribution in [3.8, 4) is 5.88 Å². The molecule has 7 heteroatoms. The monoisotopic (exact) mass is 280 g/mol. The summed E-state index contributed by atoms with van der Waals surface area (Å²) in [6.07, 6.45) is -0.989. The number of morpholine rings is 1. The number of nitrogens with zero attached hydrogens (tertiary/aromatic N) is 2. The number of carbonyl (C=O) groups is 2. The van der Waals surface area contributed by atoms with Gasteiger partial charge in [-0.15, -0.1) is 0 Å². The molecule has 2 rings (SSSR count). The van der Waals surface area contributed by atoms with Gasteiger partial charge in [-0.2, -0.15) is 0 Å². The second-order valence-electron chi connectivity index (χ2n) is 4.46. The first-order chi connectivity index (χ1) is 9.52. The number of aromatic nitrogens is 1. The maximum absolute atomic E-state index is 12.4. The Hall–Kier alpha value is -2.15. The largest absolute Gasteiger partial charge is 0.480 e. The lowest BCUT2D eigenvalue weighted by Crippen LogP contribution is -2.48. The Balaban J connectivity index is 2.20. The van der Waals surface area contributed by atoms with Crippen LogP contribution in [-0.2, 0) is 9.53 Å². The number of rotatable bonds is 3. The lowest BCUT2D eigenvalue weighted by atomic mass is 10.2. The van der Waals surface area contributed by atoms with E-state index >= 15 is 0 Å². The number of carboxylic acids is 1. The van der Waals surface area contributed by atoms with Gasteiger partial charge in [-0.3, -0.25) is 4.79 Å². The van der Waals surface area contributed by atoms with E-state index in [2.05, 4.69) is 4.98 Å². The smallest absolute Gasteiger partial charge is 0.334 e. The number of aliphatic carboxylic acids is 1. The Morgan fingerprint density at radius 3 is 2.90 bits per heavy atom. The van der Waals surface area contributed by atoms with E-state index in [1.165, 1.54) is 12.0 Å². The summed E-state index contributed by atoms with van der Waals surface area (Å²) >= 11 is 0. The van der Waals surface area contributed by atoms with Crippen molar-refractivity contribution >= 4 is 11.9 Å². The van der Waals surface area contributed by atoms with Crippen molar-refractivity contribution < 1.29 is 24.2 Å². The summed E-state index contributed by atoms with van der Waals surface area (Å²) in [5, 5.41) is 8.95. The number of carbonyl (C=O) groups excluding carboxylic acids is 1. The molecule has 20 heavy (non-hydrogen) atoms. The van der Waals surface area contributed by atoms with Crippen LogP contribution >= 0.6 is 0 Å². The molecule has 1 aliphatic rings. The predicted molar refractivity (Wildman–Crippen MR) is 68.8 cm³/mol. The Morgan fingerprint density at radius 2 is 2.25 bits per heavy atom. The van der Waals surface area contributed by atoms with Crippen LogP contribution < -0.4 is 4.74 Å². The van der Waals surface area contributed by atoms with Crippen LogP contribution in [0.4, 0.5) is 0 Å². The van der Waals surface area contributed by atoms with Crippen LogP contribution in [0.15, 0.2) is 12.1 Å². The van der Waals surface area contributed by atoms with Crippen LogP contribution in [0.5, 0.6) is 5.88 Å². The molecule has 1 N–H and O–H groups in total. The van der Waals surface area contributed by atoms with Gasteiger partial charge in [0, 0.05) is 12.2 Å². The van der Waals surface area contributed by atoms with Crippen LogP contribution in [-0.4, -0.2) is 59.8 Å². The molecule has 0 bridgehead atoms. The van der Waals surface area contributed by atoms with Crippen molar-refractivity contribution in [2.45, 2.75) is 13.0 Å². The van der Waals surface area contributed by atoms with Crippen molar-refractivity contribution in [3.05, 3.63) is 23.4 Å². The molecule has 1 aliphatic heterocycles. The first-order valence-electron chi connectivity index (χ1n) is 6.18. The number of aryl methyl sites for hydroxylation is 1. The van der Waals surface area contributed by atoms with E-state index in [0.717, 1.165) is 5.69 Å². The van der Waals surface area contributed by atoms with Crippen LogP contribution in [0.25, 0.3) is 0 Å². The second kappa shape index (κ2) is 5.87. The van der Waals surface area contributed by atoms with Crippen LogP contribution in [0.2, 0.25) is 0 Å². The SMILES string of the molecule is COc1nc(C)ccc1C(=O)N1CCOC(C(=O)O)C1. The van der Waals surface area contributed by atoms with E-state index in [1.54, 1.807) is 19.1 Å². The molecule has 7 nitrogen and oxygen atoms in total. The average Bonchev–Trinajstić information content (AvgIpc) is 2.46. The first-order valence-corrected chi connectivity index (χ1v) is 6.18. The maximum atomic E-state index is 12.4. The highest BCUT2D eigenvalue weighted by Crippen LogP contribution is 2.19. The standard InChI is InChI=1S/C13H16N2O5/c1-8-3-4-9(11(14-8)19-2)12(16)15-5-6-20-10(7-15)13(17)18/h3-4,10H,5-7H2,1-2H3,(H,17,18). The molecule has 1 unspecified atom stereocenters. The van der Waals surface area contributed by atoms with Crippen LogP contribution in [0.1, 0.15) is 16.1 Å². The van der Waals surface area contributed by atoms with Gasteiger partial charge in [0.2, 0.25) is 5.88 Å². The van der Waals surface area contributed by atoms with Crippen molar-refractivity contribution in [3.63, 3.8) is 0 Å². The van der Waals surface area contributed by atoms with Gasteiger partial charge in [-0.1, -0.05) is 0 Å². The summed E-state index contributed by atoms with van der Waals surface area (Å²) in [6, 6.07) is 3.35. The summed E-state index contributed by atoms with van der Waals surface area (Å²) in [5.41, 5.74) is 1.06. The quantitative estimate of drug-likeness (QED) is 0.858. The van der Waals surface area contributed by atoms with Gasteiger partial charge in [0.15, 0.2) is 6.10 Å². The molecule has 1 aromatic rings. The minimum Gasteiger partial charge on any atom is -0.480 e. The molecule has 0 aliphatic carbocycles. The van der Waals surface area contributed by atoms with E-state index in [0.29, 0.717) is 12.1 Å². The number of ether oxygens (including phenoxy) is 2. The van der Waals surface area contributed by atoms with Crippen molar-refractivity contribution in [2.24, 2.45) is 0 Å². The average molecular weight is 280 g/mol. The van der Waals surface area contributed by atoms with Gasteiger partial charge in [-0.25, -0.2) is 9.78 Å². The highest BCUT2D eigenvalue weighted by atomic mass is 16.5. The van der Waals surface area contributed by atoms with Gasteiger partial charge < -0.3 is 19.5 Å². The molecule has 1 atom stereocenters. The Morgan fingerprint density at radius 1 is 1.50 bits per heavy atom. The fourth-order valence-electron chi connectivity index (χ4n) is 2.00. The number of amides is 1. The first kappa shape index (κ1) is 14.3. The predicted octanol–water partition coefficient (Wildman–Crippen LogP) is 0.324. The Kier molecular flexibility index (Phi) is 4.19. The van der Waals surface area contributed by atoms with E-state index in [-0.39, 0.29) is 24.9 Å². The van der Waals surface area contributed by atoms with E-state index in [4.69, 9.17) is 14.6 Å². The van der Waals surface area contributed by atoms with Crippen molar-refractivity contribution in [1.82, 2.24) is 9.88 Å². The molecule has 1 amide bonds. The Labute approximate surface area is 116 Å². The molecular formula is C13H16N2O5. The van der Waals surface area contributed by atoms with E-state index in [9.17, 15) is 9.59 Å². The molecule has 0 radical (unpaired) electrons. The third-order valence-electron chi connectivity index (χ3n) is 3.05. The number of pyridine rings is 1. The number of carboxylic acid groups (broad SMARTS) is 1. The zero-order valence-corrected chi connectivity index (χ0v) is 11.3. The molecule has 2 heterocycles. The highest BCUT2D eigenvalue weighted by Gasteiger charge is 2.30. The zero-order valence-electron chi connectivity index (χ0n) is 11.3. The van der Waals surface area contributed by atoms with Gasteiger partial charge in [0.1, 0.15) is 5.56 Å². The molecule has 1 saturated heterocycles. The second-order valence-corrected chi connectivity index (χ2v) is 4.46. The molecule has 0 aromatic carbocycles. The molecular weight excluding hydrogens is 264 g/mol. The fourth-order valence-corrected chi connectivity index (χ4v) is 2.00. The number of hydrogen-bond acceptors (Lipinski definition) is 5. The third-order valence-corrected chi connectivity index (χ3v) is 3.05. The zero-order chi connectivity index (χ0) is 14.7.